The van der Waals surface area contributed by atoms with E-state index in [0.717, 1.165) is 5.56 Å². The third-order valence-electron chi connectivity index (χ3n) is 1.93. The second kappa shape index (κ2) is 3.16. The summed E-state index contributed by atoms with van der Waals surface area (Å²) in [5, 5.41) is 0. The molecule has 0 heteroatoms. The summed E-state index contributed by atoms with van der Waals surface area (Å²) in [6, 6.07) is 9.70. The zero-order valence-corrected chi connectivity index (χ0v) is 7.04. The summed E-state index contributed by atoms with van der Waals surface area (Å²) in [4.78, 5) is 0. The summed E-state index contributed by atoms with van der Waals surface area (Å²) in [7, 11) is 0. The van der Waals surface area contributed by atoms with Crippen LogP contribution in [0.2, 0.25) is 0 Å². The van der Waals surface area contributed by atoms with Gasteiger partial charge in [-0.15, -0.1) is 12.8 Å². The number of rotatable bonds is 1. The summed E-state index contributed by atoms with van der Waals surface area (Å²) >= 11 is 0. The molecule has 0 bridgehead atoms. The summed E-state index contributed by atoms with van der Waals surface area (Å²) in [5.41, 5.74) is 0.427. The Morgan fingerprint density at radius 2 is 1.58 bits per heavy atom. The molecule has 58 valence electrons. The second-order valence-electron chi connectivity index (χ2n) is 2.78. The van der Waals surface area contributed by atoms with E-state index in [4.69, 9.17) is 12.8 Å². The Hall–Kier alpha value is -1.66. The maximum atomic E-state index is 5.36. The normalized spacial score (nSPS) is 9.92. The molecule has 0 amide bonds. The van der Waals surface area contributed by atoms with E-state index in [1.165, 1.54) is 0 Å². The second-order valence-corrected chi connectivity index (χ2v) is 2.78. The summed E-state index contributed by atoms with van der Waals surface area (Å²) < 4.78 is 0. The minimum atomic E-state index is -0.568. The third-order valence-corrected chi connectivity index (χ3v) is 1.93. The quantitative estimate of drug-likeness (QED) is 0.544. The van der Waals surface area contributed by atoms with E-state index in [0.29, 0.717) is 0 Å². The maximum absolute atomic E-state index is 5.36. The van der Waals surface area contributed by atoms with Crippen molar-refractivity contribution < 1.29 is 0 Å². The molecule has 1 rings (SSSR count). The highest BCUT2D eigenvalue weighted by Crippen LogP contribution is 2.20. The van der Waals surface area contributed by atoms with Crippen molar-refractivity contribution in [2.75, 3.05) is 0 Å². The van der Waals surface area contributed by atoms with Crippen LogP contribution in [0.5, 0.6) is 0 Å². The Morgan fingerprint density at radius 1 is 1.08 bits per heavy atom. The van der Waals surface area contributed by atoms with Crippen molar-refractivity contribution in [3.63, 3.8) is 0 Å². The van der Waals surface area contributed by atoms with Crippen molar-refractivity contribution in [3.8, 4) is 24.7 Å². The molecule has 12 heavy (non-hydrogen) atoms. The topological polar surface area (TPSA) is 0 Å². The molecule has 0 heterocycles. The first-order valence-corrected chi connectivity index (χ1v) is 3.74. The van der Waals surface area contributed by atoms with E-state index in [1.807, 2.05) is 37.3 Å². The van der Waals surface area contributed by atoms with Crippen LogP contribution in [0.3, 0.4) is 0 Å². The van der Waals surface area contributed by atoms with Gasteiger partial charge in [0, 0.05) is 0 Å². The molecule has 1 aromatic carbocycles. The van der Waals surface area contributed by atoms with Crippen molar-refractivity contribution >= 4 is 0 Å². The SMILES string of the molecule is C#CC(C)(C#C)c1ccccc1. The van der Waals surface area contributed by atoms with Crippen LogP contribution in [0.15, 0.2) is 30.3 Å². The number of hydrogen-bond donors (Lipinski definition) is 0. The summed E-state index contributed by atoms with van der Waals surface area (Å²) in [5.74, 6) is 5.22. The lowest BCUT2D eigenvalue weighted by atomic mass is 9.84. The Morgan fingerprint density at radius 3 is 2.00 bits per heavy atom. The fourth-order valence-electron chi connectivity index (χ4n) is 0.980. The van der Waals surface area contributed by atoms with Crippen LogP contribution < -0.4 is 0 Å². The van der Waals surface area contributed by atoms with E-state index in [2.05, 4.69) is 11.8 Å². The fourth-order valence-corrected chi connectivity index (χ4v) is 0.980. The van der Waals surface area contributed by atoms with Crippen LogP contribution in [-0.2, 0) is 5.41 Å². The van der Waals surface area contributed by atoms with Gasteiger partial charge in [0.2, 0.25) is 0 Å². The smallest absolute Gasteiger partial charge is 0.113 e. The van der Waals surface area contributed by atoms with E-state index in [1.54, 1.807) is 0 Å². The van der Waals surface area contributed by atoms with Gasteiger partial charge in [-0.1, -0.05) is 42.2 Å². The average molecular weight is 154 g/mol. The number of terminal acetylenes is 2. The van der Waals surface area contributed by atoms with Gasteiger partial charge < -0.3 is 0 Å². The zero-order valence-electron chi connectivity index (χ0n) is 7.04. The summed E-state index contributed by atoms with van der Waals surface area (Å²) in [6.07, 6.45) is 10.7. The minimum Gasteiger partial charge on any atom is -0.118 e. The van der Waals surface area contributed by atoms with Gasteiger partial charge >= 0.3 is 0 Å². The van der Waals surface area contributed by atoms with Crippen LogP contribution in [0.1, 0.15) is 12.5 Å². The van der Waals surface area contributed by atoms with E-state index < -0.39 is 5.41 Å². The van der Waals surface area contributed by atoms with Crippen molar-refractivity contribution in [1.29, 1.82) is 0 Å². The first-order chi connectivity index (χ1) is 5.73. The van der Waals surface area contributed by atoms with Gasteiger partial charge in [0.05, 0.1) is 0 Å². The highest BCUT2D eigenvalue weighted by molar-refractivity contribution is 5.41. The van der Waals surface area contributed by atoms with Crippen molar-refractivity contribution in [2.45, 2.75) is 12.3 Å². The Bertz CT molecular complexity index is 319. The number of hydrogen-bond acceptors (Lipinski definition) is 0. The molecule has 0 saturated heterocycles. The van der Waals surface area contributed by atoms with Crippen LogP contribution in [0.4, 0.5) is 0 Å². The fraction of sp³-hybridized carbons (Fsp3) is 0.167. The molecule has 0 nitrogen and oxygen atoms in total. The molecule has 0 unspecified atom stereocenters. The van der Waals surface area contributed by atoms with Gasteiger partial charge in [-0.05, 0) is 12.5 Å². The highest BCUT2D eigenvalue weighted by Gasteiger charge is 2.19. The van der Waals surface area contributed by atoms with Crippen LogP contribution in [-0.4, -0.2) is 0 Å². The van der Waals surface area contributed by atoms with Crippen molar-refractivity contribution in [1.82, 2.24) is 0 Å². The van der Waals surface area contributed by atoms with Gasteiger partial charge in [0.15, 0.2) is 0 Å². The van der Waals surface area contributed by atoms with Gasteiger partial charge in [0.1, 0.15) is 5.41 Å². The molecule has 0 spiro atoms. The summed E-state index contributed by atoms with van der Waals surface area (Å²) in [6.45, 7) is 1.86. The first kappa shape index (κ1) is 8.44. The lowest BCUT2D eigenvalue weighted by Crippen LogP contribution is -2.15. The van der Waals surface area contributed by atoms with Gasteiger partial charge in [0.25, 0.3) is 0 Å². The molecule has 0 aromatic heterocycles. The molecule has 0 aliphatic carbocycles. The Labute approximate surface area is 73.6 Å². The predicted molar refractivity (Wildman–Crippen MR) is 51.5 cm³/mol. The maximum Gasteiger partial charge on any atom is 0.113 e. The first-order valence-electron chi connectivity index (χ1n) is 3.74. The lowest BCUT2D eigenvalue weighted by Gasteiger charge is -2.16. The molecule has 0 radical (unpaired) electrons. The molecule has 0 N–H and O–H groups in total. The molecule has 0 aliphatic heterocycles. The number of benzene rings is 1. The van der Waals surface area contributed by atoms with E-state index in [-0.39, 0.29) is 0 Å². The lowest BCUT2D eigenvalue weighted by molar-refractivity contribution is 0.824. The molecule has 0 fully saturated rings. The van der Waals surface area contributed by atoms with Gasteiger partial charge in [-0.3, -0.25) is 0 Å². The van der Waals surface area contributed by atoms with Gasteiger partial charge in [-0.2, -0.15) is 0 Å². The Kier molecular flexibility index (Phi) is 2.22. The van der Waals surface area contributed by atoms with E-state index >= 15 is 0 Å². The minimum absolute atomic E-state index is 0.568. The largest absolute Gasteiger partial charge is 0.118 e. The highest BCUT2D eigenvalue weighted by atomic mass is 14.2. The predicted octanol–water partition coefficient (Wildman–Crippen LogP) is 2.21. The standard InChI is InChI=1S/C12H10/c1-4-12(3,5-2)11-9-7-6-8-10-11/h1-2,6-10H,3H3. The molecule has 1 aromatic rings. The monoisotopic (exact) mass is 154 g/mol. The molecular weight excluding hydrogens is 144 g/mol. The zero-order chi connectivity index (χ0) is 9.03. The molecule has 0 atom stereocenters. The average Bonchev–Trinajstić information content (AvgIpc) is 2.18. The molecular formula is C12H10. The molecule has 0 saturated carbocycles. The van der Waals surface area contributed by atoms with Crippen LogP contribution in [0, 0.1) is 24.7 Å². The van der Waals surface area contributed by atoms with E-state index in [9.17, 15) is 0 Å². The third kappa shape index (κ3) is 1.34. The van der Waals surface area contributed by atoms with Crippen molar-refractivity contribution in [3.05, 3.63) is 35.9 Å². The molecule has 0 aliphatic rings. The van der Waals surface area contributed by atoms with Crippen molar-refractivity contribution in [2.24, 2.45) is 0 Å². The van der Waals surface area contributed by atoms with Crippen LogP contribution >= 0.6 is 0 Å². The van der Waals surface area contributed by atoms with Crippen LogP contribution in [0.25, 0.3) is 0 Å². The van der Waals surface area contributed by atoms with Gasteiger partial charge in [-0.25, -0.2) is 0 Å². The Balaban J connectivity index is 3.17.